The van der Waals surface area contributed by atoms with Crippen LogP contribution in [0, 0.1) is 17.0 Å². The van der Waals surface area contributed by atoms with E-state index in [9.17, 15) is 10.1 Å². The van der Waals surface area contributed by atoms with Gasteiger partial charge in [0, 0.05) is 12.4 Å². The Bertz CT molecular complexity index is 494. The highest BCUT2D eigenvalue weighted by molar-refractivity contribution is 5.33. The average Bonchev–Trinajstić information content (AvgIpc) is 2.69. The van der Waals surface area contributed by atoms with Crippen LogP contribution in [0.2, 0.25) is 0 Å². The van der Waals surface area contributed by atoms with Gasteiger partial charge in [-0.1, -0.05) is 0 Å². The van der Waals surface area contributed by atoms with Gasteiger partial charge in [-0.25, -0.2) is 15.0 Å². The minimum Gasteiger partial charge on any atom is -0.274 e. The molecule has 0 unspecified atom stereocenters. The van der Waals surface area contributed by atoms with Gasteiger partial charge in [-0.05, 0) is 6.92 Å². The van der Waals surface area contributed by atoms with E-state index in [0.29, 0.717) is 11.6 Å². The topological polar surface area (TPSA) is 86.7 Å². The van der Waals surface area contributed by atoms with Crippen molar-refractivity contribution in [1.82, 2.24) is 19.5 Å². The lowest BCUT2D eigenvalue weighted by molar-refractivity contribution is -0.386. The van der Waals surface area contributed by atoms with Crippen molar-refractivity contribution in [1.29, 1.82) is 0 Å². The van der Waals surface area contributed by atoms with Crippen molar-refractivity contribution in [3.05, 3.63) is 40.7 Å². The standard InChI is InChI=1S/C8H7N5O2/c1-6-7(13(14)15)4-10-8(11-6)12-3-2-9-5-12/h2-5H,1H3. The number of rotatable bonds is 2. The minimum absolute atomic E-state index is 0.0844. The molecule has 7 heteroatoms. The van der Waals surface area contributed by atoms with E-state index in [4.69, 9.17) is 0 Å². The fraction of sp³-hybridized carbons (Fsp3) is 0.125. The number of aryl methyl sites for hydroxylation is 1. The van der Waals surface area contributed by atoms with Crippen LogP contribution in [0.25, 0.3) is 5.95 Å². The molecule has 0 radical (unpaired) electrons. The van der Waals surface area contributed by atoms with Gasteiger partial charge in [0.1, 0.15) is 18.2 Å². The maximum atomic E-state index is 10.5. The second-order valence-electron chi connectivity index (χ2n) is 2.87. The van der Waals surface area contributed by atoms with Gasteiger partial charge < -0.3 is 0 Å². The summed E-state index contributed by atoms with van der Waals surface area (Å²) in [7, 11) is 0. The average molecular weight is 205 g/mol. The summed E-state index contributed by atoms with van der Waals surface area (Å²) in [6.45, 7) is 1.57. The lowest BCUT2D eigenvalue weighted by Crippen LogP contribution is -2.02. The van der Waals surface area contributed by atoms with E-state index in [-0.39, 0.29) is 5.69 Å². The maximum Gasteiger partial charge on any atom is 0.308 e. The Labute approximate surface area is 84.6 Å². The van der Waals surface area contributed by atoms with Crippen LogP contribution in [0.3, 0.4) is 0 Å². The van der Waals surface area contributed by atoms with Crippen molar-refractivity contribution in [2.75, 3.05) is 0 Å². The van der Waals surface area contributed by atoms with Crippen LogP contribution in [0.4, 0.5) is 5.69 Å². The van der Waals surface area contributed by atoms with E-state index < -0.39 is 4.92 Å². The number of imidazole rings is 1. The van der Waals surface area contributed by atoms with Crippen molar-refractivity contribution in [2.24, 2.45) is 0 Å². The molecule has 0 aliphatic heterocycles. The van der Waals surface area contributed by atoms with Crippen molar-refractivity contribution < 1.29 is 4.92 Å². The third-order valence-electron chi connectivity index (χ3n) is 1.87. The Morgan fingerprint density at radius 2 is 2.33 bits per heavy atom. The molecule has 0 aliphatic carbocycles. The fourth-order valence-electron chi connectivity index (χ4n) is 1.13. The summed E-state index contributed by atoms with van der Waals surface area (Å²) in [6, 6.07) is 0. The summed E-state index contributed by atoms with van der Waals surface area (Å²) in [6.07, 6.45) is 5.97. The molecule has 0 bridgehead atoms. The molecular formula is C8H7N5O2. The number of nitro groups is 1. The van der Waals surface area contributed by atoms with Crippen LogP contribution in [-0.2, 0) is 0 Å². The molecule has 0 atom stereocenters. The number of aromatic nitrogens is 4. The Morgan fingerprint density at radius 1 is 1.53 bits per heavy atom. The van der Waals surface area contributed by atoms with Gasteiger partial charge in [-0.2, -0.15) is 0 Å². The first-order valence-corrected chi connectivity index (χ1v) is 4.15. The van der Waals surface area contributed by atoms with Crippen molar-refractivity contribution in [2.45, 2.75) is 6.92 Å². The first kappa shape index (κ1) is 9.25. The molecule has 0 N–H and O–H groups in total. The monoisotopic (exact) mass is 205 g/mol. The van der Waals surface area contributed by atoms with Gasteiger partial charge in [-0.15, -0.1) is 0 Å². The summed E-state index contributed by atoms with van der Waals surface area (Å²) in [4.78, 5) is 21.7. The van der Waals surface area contributed by atoms with E-state index in [0.717, 1.165) is 0 Å². The molecule has 2 aromatic rings. The molecule has 15 heavy (non-hydrogen) atoms. The first-order chi connectivity index (χ1) is 7.18. The van der Waals surface area contributed by atoms with Crippen LogP contribution in [0.15, 0.2) is 24.9 Å². The van der Waals surface area contributed by atoms with Crippen LogP contribution in [0.5, 0.6) is 0 Å². The molecule has 2 heterocycles. The Kier molecular flexibility index (Phi) is 2.13. The Balaban J connectivity index is 2.47. The highest BCUT2D eigenvalue weighted by Gasteiger charge is 2.13. The first-order valence-electron chi connectivity index (χ1n) is 4.15. The van der Waals surface area contributed by atoms with Crippen molar-refractivity contribution in [3.63, 3.8) is 0 Å². The number of hydrogen-bond donors (Lipinski definition) is 0. The van der Waals surface area contributed by atoms with Crippen LogP contribution < -0.4 is 0 Å². The third-order valence-corrected chi connectivity index (χ3v) is 1.87. The molecule has 7 nitrogen and oxygen atoms in total. The zero-order chi connectivity index (χ0) is 10.8. The molecule has 0 fully saturated rings. The fourth-order valence-corrected chi connectivity index (χ4v) is 1.13. The zero-order valence-electron chi connectivity index (χ0n) is 7.86. The molecule has 0 spiro atoms. The molecule has 0 amide bonds. The Morgan fingerprint density at radius 3 is 2.87 bits per heavy atom. The molecule has 76 valence electrons. The molecular weight excluding hydrogens is 198 g/mol. The summed E-state index contributed by atoms with van der Waals surface area (Å²) < 4.78 is 1.58. The SMILES string of the molecule is Cc1nc(-n2ccnc2)ncc1[N+](=O)[O-]. The predicted molar refractivity (Wildman–Crippen MR) is 50.5 cm³/mol. The highest BCUT2D eigenvalue weighted by atomic mass is 16.6. The second kappa shape index (κ2) is 3.45. The highest BCUT2D eigenvalue weighted by Crippen LogP contribution is 2.14. The van der Waals surface area contributed by atoms with Gasteiger partial charge in [-0.3, -0.25) is 14.7 Å². The van der Waals surface area contributed by atoms with E-state index in [1.54, 1.807) is 23.9 Å². The maximum absolute atomic E-state index is 10.5. The van der Waals surface area contributed by atoms with Crippen molar-refractivity contribution >= 4 is 5.69 Å². The van der Waals surface area contributed by atoms with Gasteiger partial charge in [0.25, 0.3) is 0 Å². The van der Waals surface area contributed by atoms with Gasteiger partial charge in [0.15, 0.2) is 0 Å². The smallest absolute Gasteiger partial charge is 0.274 e. The normalized spacial score (nSPS) is 10.2. The van der Waals surface area contributed by atoms with Gasteiger partial charge >= 0.3 is 5.69 Å². The molecule has 0 saturated carbocycles. The zero-order valence-corrected chi connectivity index (χ0v) is 7.86. The van der Waals surface area contributed by atoms with Crippen LogP contribution in [-0.4, -0.2) is 24.4 Å². The molecule has 0 aliphatic rings. The van der Waals surface area contributed by atoms with Gasteiger partial charge in [0.2, 0.25) is 5.95 Å². The summed E-state index contributed by atoms with van der Waals surface area (Å²) >= 11 is 0. The lowest BCUT2D eigenvalue weighted by atomic mass is 10.4. The molecule has 2 rings (SSSR count). The lowest BCUT2D eigenvalue weighted by Gasteiger charge is -2.00. The second-order valence-corrected chi connectivity index (χ2v) is 2.87. The summed E-state index contributed by atoms with van der Waals surface area (Å²) in [5.41, 5.74) is 0.248. The number of nitrogens with zero attached hydrogens (tertiary/aromatic N) is 5. The molecule has 0 saturated heterocycles. The molecule has 0 aromatic carbocycles. The number of hydrogen-bond acceptors (Lipinski definition) is 5. The quantitative estimate of drug-likeness (QED) is 0.536. The largest absolute Gasteiger partial charge is 0.308 e. The van der Waals surface area contributed by atoms with Crippen LogP contribution in [0.1, 0.15) is 5.69 Å². The summed E-state index contributed by atoms with van der Waals surface area (Å²) in [5, 5.41) is 10.5. The van der Waals surface area contributed by atoms with E-state index in [1.807, 2.05) is 0 Å². The third kappa shape index (κ3) is 1.66. The Hall–Kier alpha value is -2.31. The van der Waals surface area contributed by atoms with Gasteiger partial charge in [0.05, 0.1) is 4.92 Å². The van der Waals surface area contributed by atoms with Crippen molar-refractivity contribution in [3.8, 4) is 5.95 Å². The predicted octanol–water partition coefficient (Wildman–Crippen LogP) is 0.879. The minimum atomic E-state index is -0.507. The van der Waals surface area contributed by atoms with E-state index in [2.05, 4.69) is 15.0 Å². The van der Waals surface area contributed by atoms with E-state index >= 15 is 0 Å². The molecule has 2 aromatic heterocycles. The van der Waals surface area contributed by atoms with E-state index in [1.165, 1.54) is 12.5 Å². The summed E-state index contributed by atoms with van der Waals surface area (Å²) in [5.74, 6) is 0.371. The van der Waals surface area contributed by atoms with Crippen LogP contribution >= 0.6 is 0 Å².